The number of ether oxygens (including phenoxy) is 1. The Kier molecular flexibility index (Phi) is 15.8. The summed E-state index contributed by atoms with van der Waals surface area (Å²) in [6.07, 6.45) is 10.2. The third-order valence-electron chi connectivity index (χ3n) is 4.41. The molecule has 1 unspecified atom stereocenters. The molecule has 0 aromatic rings. The van der Waals surface area contributed by atoms with Gasteiger partial charge in [-0.25, -0.2) is 4.79 Å². The first-order valence-electron chi connectivity index (χ1n) is 10.9. The highest BCUT2D eigenvalue weighted by Gasteiger charge is 2.20. The molecule has 0 bridgehead atoms. The quantitative estimate of drug-likeness (QED) is 0.272. The van der Waals surface area contributed by atoms with Crippen LogP contribution in [0.4, 0.5) is 4.79 Å². The van der Waals surface area contributed by atoms with E-state index in [1.165, 1.54) is 25.7 Å². The van der Waals surface area contributed by atoms with Gasteiger partial charge in [-0.1, -0.05) is 45.4 Å². The molecule has 0 saturated heterocycles. The van der Waals surface area contributed by atoms with Gasteiger partial charge in [0.1, 0.15) is 0 Å². The van der Waals surface area contributed by atoms with Crippen LogP contribution in [0.25, 0.3) is 0 Å². The van der Waals surface area contributed by atoms with E-state index in [9.17, 15) is 14.7 Å². The molecule has 2 amide bonds. The molecule has 0 aliphatic rings. The zero-order valence-electron chi connectivity index (χ0n) is 18.6. The molecular weight excluding hydrogens is 358 g/mol. The van der Waals surface area contributed by atoms with Crippen LogP contribution in [0.3, 0.4) is 0 Å². The van der Waals surface area contributed by atoms with Crippen LogP contribution in [-0.2, 0) is 9.53 Å². The molecule has 0 aliphatic heterocycles. The predicted octanol–water partition coefficient (Wildman–Crippen LogP) is 2.05. The molecule has 0 aliphatic carbocycles. The van der Waals surface area contributed by atoms with E-state index in [0.29, 0.717) is 17.6 Å². The van der Waals surface area contributed by atoms with Gasteiger partial charge in [-0.15, -0.1) is 0 Å². The normalized spacial score (nSPS) is 12.6. The van der Waals surface area contributed by atoms with Crippen molar-refractivity contribution in [2.75, 3.05) is 47.4 Å². The molecule has 7 nitrogen and oxygen atoms in total. The number of hydrogen-bond acceptors (Lipinski definition) is 4. The molecule has 0 rings (SSSR count). The number of nitrogens with one attached hydrogen (secondary N) is 2. The van der Waals surface area contributed by atoms with Gasteiger partial charge in [-0.3, -0.25) is 0 Å². The van der Waals surface area contributed by atoms with Gasteiger partial charge < -0.3 is 29.8 Å². The Morgan fingerprint density at radius 2 is 1.50 bits per heavy atom. The minimum absolute atomic E-state index is 0.179. The monoisotopic (exact) mass is 401 g/mol. The minimum atomic E-state index is -1.15. The highest BCUT2D eigenvalue weighted by Crippen LogP contribution is 2.04. The van der Waals surface area contributed by atoms with Crippen LogP contribution in [0, 0.1) is 0 Å². The smallest absolute Gasteiger partial charge is 0.315 e. The summed E-state index contributed by atoms with van der Waals surface area (Å²) in [4.78, 5) is 22.8. The zero-order valence-corrected chi connectivity index (χ0v) is 18.6. The van der Waals surface area contributed by atoms with E-state index in [4.69, 9.17) is 4.74 Å². The fourth-order valence-corrected chi connectivity index (χ4v) is 3.05. The molecule has 0 spiro atoms. The standard InChI is InChI=1S/C21H43N3O4/c1-5-6-7-9-12-15-28-16-13-10-8-11-14-22-21(27)23-19(17-20(25)26)18-24(2,3)4/h19H,5-18H2,1-4H3,(H2-,22,23,25,26,27). The van der Waals surface area contributed by atoms with E-state index in [1.54, 1.807) is 0 Å². The predicted molar refractivity (Wildman–Crippen MR) is 111 cm³/mol. The lowest BCUT2D eigenvalue weighted by Crippen LogP contribution is -2.53. The molecule has 166 valence electrons. The first-order chi connectivity index (χ1) is 13.2. The summed E-state index contributed by atoms with van der Waals surface area (Å²) in [5, 5.41) is 16.4. The largest absolute Gasteiger partial charge is 0.550 e. The topological polar surface area (TPSA) is 90.5 Å². The molecule has 7 heteroatoms. The number of carbonyl (C=O) groups is 2. The molecular formula is C21H43N3O4. The van der Waals surface area contributed by atoms with Crippen molar-refractivity contribution in [2.45, 2.75) is 77.2 Å². The second-order valence-electron chi connectivity index (χ2n) is 8.59. The van der Waals surface area contributed by atoms with Crippen LogP contribution >= 0.6 is 0 Å². The molecule has 2 N–H and O–H groups in total. The van der Waals surface area contributed by atoms with Crippen LogP contribution in [-0.4, -0.2) is 70.0 Å². The number of urea groups is 1. The van der Waals surface area contributed by atoms with Crippen molar-refractivity contribution in [1.29, 1.82) is 0 Å². The van der Waals surface area contributed by atoms with Crippen molar-refractivity contribution in [3.63, 3.8) is 0 Å². The summed E-state index contributed by atoms with van der Waals surface area (Å²) >= 11 is 0. The third-order valence-corrected chi connectivity index (χ3v) is 4.41. The Hall–Kier alpha value is -1.34. The van der Waals surface area contributed by atoms with Crippen LogP contribution in [0.5, 0.6) is 0 Å². The lowest BCUT2D eigenvalue weighted by atomic mass is 10.2. The van der Waals surface area contributed by atoms with Crippen molar-refractivity contribution in [3.05, 3.63) is 0 Å². The number of aliphatic carboxylic acids is 1. The van der Waals surface area contributed by atoms with E-state index < -0.39 is 12.0 Å². The maximum atomic E-state index is 12.0. The molecule has 0 fully saturated rings. The third kappa shape index (κ3) is 19.4. The van der Waals surface area contributed by atoms with Gasteiger partial charge in [0.15, 0.2) is 0 Å². The maximum Gasteiger partial charge on any atom is 0.315 e. The minimum Gasteiger partial charge on any atom is -0.550 e. The Balaban J connectivity index is 3.63. The van der Waals surface area contributed by atoms with Gasteiger partial charge in [-0.2, -0.15) is 0 Å². The number of carbonyl (C=O) groups excluding carboxylic acids is 2. The Bertz CT molecular complexity index is 411. The SMILES string of the molecule is CCCCCCCOCCCCCCNC(=O)NC(CC(=O)[O-])C[N+](C)(C)C. The van der Waals surface area contributed by atoms with E-state index in [1.807, 2.05) is 21.1 Å². The molecule has 0 heterocycles. The van der Waals surface area contributed by atoms with Gasteiger partial charge in [0.25, 0.3) is 0 Å². The highest BCUT2D eigenvalue weighted by molar-refractivity contribution is 5.75. The second-order valence-corrected chi connectivity index (χ2v) is 8.59. The fraction of sp³-hybridized carbons (Fsp3) is 0.905. The van der Waals surface area contributed by atoms with Gasteiger partial charge in [-0.05, 0) is 19.3 Å². The number of hydrogen-bond donors (Lipinski definition) is 2. The van der Waals surface area contributed by atoms with Crippen molar-refractivity contribution in [3.8, 4) is 0 Å². The molecule has 28 heavy (non-hydrogen) atoms. The number of unbranched alkanes of at least 4 members (excludes halogenated alkanes) is 7. The van der Waals surface area contributed by atoms with E-state index in [-0.39, 0.29) is 12.5 Å². The number of nitrogens with zero attached hydrogens (tertiary/aromatic N) is 1. The van der Waals surface area contributed by atoms with Crippen molar-refractivity contribution < 1.29 is 23.9 Å². The van der Waals surface area contributed by atoms with E-state index in [0.717, 1.165) is 45.3 Å². The number of likely N-dealkylation sites (N-methyl/N-ethyl adjacent to an activating group) is 1. The average molecular weight is 402 g/mol. The number of quaternary nitrogens is 1. The Labute approximate surface area is 171 Å². The average Bonchev–Trinajstić information content (AvgIpc) is 2.56. The molecule has 0 aromatic heterocycles. The number of carboxylic acid groups (broad SMARTS) is 1. The lowest BCUT2D eigenvalue weighted by Gasteiger charge is -2.30. The summed E-state index contributed by atoms with van der Waals surface area (Å²) in [5.74, 6) is -1.15. The highest BCUT2D eigenvalue weighted by atomic mass is 16.5. The summed E-state index contributed by atoms with van der Waals surface area (Å²) < 4.78 is 6.21. The van der Waals surface area contributed by atoms with Crippen LogP contribution in [0.2, 0.25) is 0 Å². The van der Waals surface area contributed by atoms with Gasteiger partial charge in [0.2, 0.25) is 0 Å². The van der Waals surface area contributed by atoms with E-state index >= 15 is 0 Å². The second kappa shape index (κ2) is 16.6. The van der Waals surface area contributed by atoms with E-state index in [2.05, 4.69) is 17.6 Å². The molecule has 0 radical (unpaired) electrons. The summed E-state index contributed by atoms with van der Waals surface area (Å²) in [6, 6.07) is -0.754. The van der Waals surface area contributed by atoms with Gasteiger partial charge in [0, 0.05) is 32.1 Å². The van der Waals surface area contributed by atoms with Crippen LogP contribution < -0.4 is 15.7 Å². The zero-order chi connectivity index (χ0) is 21.3. The molecule has 0 saturated carbocycles. The lowest BCUT2D eigenvalue weighted by molar-refractivity contribution is -0.871. The number of carboxylic acids is 1. The Morgan fingerprint density at radius 3 is 2.04 bits per heavy atom. The summed E-state index contributed by atoms with van der Waals surface area (Å²) in [7, 11) is 5.87. The van der Waals surface area contributed by atoms with Crippen molar-refractivity contribution in [2.24, 2.45) is 0 Å². The summed E-state index contributed by atoms with van der Waals surface area (Å²) in [5.41, 5.74) is 0. The fourth-order valence-electron chi connectivity index (χ4n) is 3.05. The van der Waals surface area contributed by atoms with Gasteiger partial charge in [0.05, 0.1) is 33.7 Å². The van der Waals surface area contributed by atoms with Crippen molar-refractivity contribution in [1.82, 2.24) is 10.6 Å². The van der Waals surface area contributed by atoms with Crippen LogP contribution in [0.15, 0.2) is 0 Å². The maximum absolute atomic E-state index is 12.0. The first-order valence-corrected chi connectivity index (χ1v) is 10.9. The summed E-state index contributed by atoms with van der Waals surface area (Å²) in [6.45, 7) is 5.02. The van der Waals surface area contributed by atoms with Crippen LogP contribution in [0.1, 0.15) is 71.1 Å². The number of amides is 2. The van der Waals surface area contributed by atoms with Crippen molar-refractivity contribution >= 4 is 12.0 Å². The first kappa shape index (κ1) is 26.7. The molecule has 0 aromatic carbocycles. The number of rotatable bonds is 18. The Morgan fingerprint density at radius 1 is 0.929 bits per heavy atom. The molecule has 1 atom stereocenters. The van der Waals surface area contributed by atoms with Gasteiger partial charge >= 0.3 is 6.03 Å².